The number of nitrogens with zero attached hydrogens (tertiary/aromatic N) is 2. The molecule has 0 aromatic heterocycles. The lowest BCUT2D eigenvalue weighted by molar-refractivity contribution is -0.145. The number of likely N-dealkylation sites (tertiary alicyclic amines) is 1. The number of carbonyl (C=O) groups is 3. The van der Waals surface area contributed by atoms with Crippen LogP contribution in [-0.2, 0) is 14.4 Å². The van der Waals surface area contributed by atoms with Crippen LogP contribution in [0, 0.1) is 5.92 Å². The van der Waals surface area contributed by atoms with Crippen molar-refractivity contribution in [3.8, 4) is 0 Å². The summed E-state index contributed by atoms with van der Waals surface area (Å²) in [4.78, 5) is 37.7. The van der Waals surface area contributed by atoms with Gasteiger partial charge in [-0.25, -0.2) is 0 Å². The highest BCUT2D eigenvalue weighted by molar-refractivity contribution is 7.80. The van der Waals surface area contributed by atoms with Gasteiger partial charge in [0.1, 0.15) is 6.54 Å². The Morgan fingerprint density at radius 3 is 2.61 bits per heavy atom. The van der Waals surface area contributed by atoms with E-state index in [4.69, 9.17) is 18.0 Å². The molecular weight excluding hydrogens is 254 g/mol. The molecule has 1 unspecified atom stereocenters. The van der Waals surface area contributed by atoms with Crippen molar-refractivity contribution >= 4 is 34.9 Å². The van der Waals surface area contributed by atoms with Crippen LogP contribution in [0.5, 0.6) is 0 Å². The van der Waals surface area contributed by atoms with E-state index in [1.54, 1.807) is 14.0 Å². The third-order valence-electron chi connectivity index (χ3n) is 2.88. The zero-order chi connectivity index (χ0) is 13.9. The summed E-state index contributed by atoms with van der Waals surface area (Å²) in [6.07, 6.45) is 0.610. The summed E-state index contributed by atoms with van der Waals surface area (Å²) in [6, 6.07) is 0. The maximum Gasteiger partial charge on any atom is 0.242 e. The molecule has 0 radical (unpaired) electrons. The fourth-order valence-corrected chi connectivity index (χ4v) is 1.76. The molecule has 0 bridgehead atoms. The van der Waals surface area contributed by atoms with Crippen LogP contribution in [0.3, 0.4) is 0 Å². The number of hydrogen-bond acceptors (Lipinski definition) is 4. The third kappa shape index (κ3) is 3.49. The lowest BCUT2D eigenvalue weighted by Crippen LogP contribution is -2.42. The fraction of sp³-hybridized carbons (Fsp3) is 0.636. The topological polar surface area (TPSA) is 83.7 Å². The van der Waals surface area contributed by atoms with Crippen LogP contribution in [0.25, 0.3) is 0 Å². The van der Waals surface area contributed by atoms with Gasteiger partial charge in [0, 0.05) is 32.4 Å². The molecule has 1 saturated heterocycles. The van der Waals surface area contributed by atoms with Crippen molar-refractivity contribution in [2.24, 2.45) is 11.7 Å². The number of rotatable bonds is 5. The van der Waals surface area contributed by atoms with Crippen LogP contribution < -0.4 is 5.73 Å². The van der Waals surface area contributed by atoms with Gasteiger partial charge in [-0.3, -0.25) is 19.3 Å². The summed E-state index contributed by atoms with van der Waals surface area (Å²) < 4.78 is 0. The van der Waals surface area contributed by atoms with E-state index in [2.05, 4.69) is 0 Å². The first-order chi connectivity index (χ1) is 8.32. The van der Waals surface area contributed by atoms with Gasteiger partial charge in [-0.05, 0) is 0 Å². The lowest BCUT2D eigenvalue weighted by Gasteiger charge is -2.20. The maximum absolute atomic E-state index is 11.8. The van der Waals surface area contributed by atoms with Crippen LogP contribution in [0.4, 0.5) is 0 Å². The molecule has 1 aliphatic rings. The average Bonchev–Trinajstić information content (AvgIpc) is 2.52. The van der Waals surface area contributed by atoms with Crippen molar-refractivity contribution in [3.05, 3.63) is 0 Å². The van der Waals surface area contributed by atoms with Crippen molar-refractivity contribution in [2.45, 2.75) is 19.8 Å². The number of likely N-dealkylation sites (N-methyl/N-ethyl adjacent to an activating group) is 1. The highest BCUT2D eigenvalue weighted by Crippen LogP contribution is 2.18. The Morgan fingerprint density at radius 2 is 2.17 bits per heavy atom. The SMILES string of the molecule is CC1CC(=O)N(CC(=O)N(C)CCC(N)=S)C1=O. The summed E-state index contributed by atoms with van der Waals surface area (Å²) in [5.74, 6) is -1.19. The van der Waals surface area contributed by atoms with Crippen LogP contribution in [0.1, 0.15) is 19.8 Å². The Bertz CT molecular complexity index is 397. The van der Waals surface area contributed by atoms with E-state index in [0.717, 1.165) is 4.90 Å². The molecule has 0 spiro atoms. The molecule has 0 saturated carbocycles. The van der Waals surface area contributed by atoms with Crippen molar-refractivity contribution in [1.82, 2.24) is 9.80 Å². The van der Waals surface area contributed by atoms with E-state index in [0.29, 0.717) is 18.0 Å². The Hall–Kier alpha value is -1.50. The predicted octanol–water partition coefficient (Wildman–Crippen LogP) is -0.484. The first kappa shape index (κ1) is 14.6. The number of imide groups is 1. The lowest BCUT2D eigenvalue weighted by atomic mass is 10.1. The number of hydrogen-bond donors (Lipinski definition) is 1. The molecule has 0 aliphatic carbocycles. The Kier molecular flexibility index (Phi) is 4.77. The second kappa shape index (κ2) is 5.90. The summed E-state index contributed by atoms with van der Waals surface area (Å²) in [7, 11) is 1.59. The van der Waals surface area contributed by atoms with Gasteiger partial charge in [0.25, 0.3) is 0 Å². The van der Waals surface area contributed by atoms with Crippen LogP contribution in [-0.4, -0.2) is 52.6 Å². The van der Waals surface area contributed by atoms with Crippen LogP contribution >= 0.6 is 12.2 Å². The van der Waals surface area contributed by atoms with Crippen LogP contribution in [0.15, 0.2) is 0 Å². The number of nitrogens with two attached hydrogens (primary N) is 1. The van der Waals surface area contributed by atoms with E-state index in [1.807, 2.05) is 0 Å². The van der Waals surface area contributed by atoms with Gasteiger partial charge in [-0.2, -0.15) is 0 Å². The summed E-state index contributed by atoms with van der Waals surface area (Å²) in [5, 5.41) is 0. The van der Waals surface area contributed by atoms with Crippen molar-refractivity contribution in [3.63, 3.8) is 0 Å². The highest BCUT2D eigenvalue weighted by Gasteiger charge is 2.36. The predicted molar refractivity (Wildman–Crippen MR) is 69.5 cm³/mol. The largest absolute Gasteiger partial charge is 0.393 e. The molecule has 0 aromatic rings. The fourth-order valence-electron chi connectivity index (χ4n) is 1.67. The average molecular weight is 271 g/mol. The molecule has 0 aromatic carbocycles. The van der Waals surface area contributed by atoms with Gasteiger partial charge < -0.3 is 10.6 Å². The minimum absolute atomic E-state index is 0.183. The van der Waals surface area contributed by atoms with Crippen molar-refractivity contribution in [1.29, 1.82) is 0 Å². The van der Waals surface area contributed by atoms with Gasteiger partial charge >= 0.3 is 0 Å². The van der Waals surface area contributed by atoms with Gasteiger partial charge in [0.05, 0.1) is 4.99 Å². The van der Waals surface area contributed by atoms with Crippen LogP contribution in [0.2, 0.25) is 0 Å². The highest BCUT2D eigenvalue weighted by atomic mass is 32.1. The number of amides is 3. The molecule has 7 heteroatoms. The summed E-state index contributed by atoms with van der Waals surface area (Å²) in [5.41, 5.74) is 5.34. The first-order valence-electron chi connectivity index (χ1n) is 5.69. The van der Waals surface area contributed by atoms with E-state index < -0.39 is 0 Å². The molecule has 2 N–H and O–H groups in total. The van der Waals surface area contributed by atoms with E-state index in [-0.39, 0.29) is 36.6 Å². The van der Waals surface area contributed by atoms with E-state index >= 15 is 0 Å². The molecule has 1 atom stereocenters. The third-order valence-corrected chi connectivity index (χ3v) is 3.09. The molecule has 100 valence electrons. The Morgan fingerprint density at radius 1 is 1.56 bits per heavy atom. The number of carbonyl (C=O) groups excluding carboxylic acids is 3. The maximum atomic E-state index is 11.8. The molecule has 6 nitrogen and oxygen atoms in total. The Labute approximate surface area is 111 Å². The molecule has 18 heavy (non-hydrogen) atoms. The second-order valence-corrected chi connectivity index (χ2v) is 4.98. The number of thiocarbonyl (C=S) groups is 1. The molecule has 1 aliphatic heterocycles. The summed E-state index contributed by atoms with van der Waals surface area (Å²) in [6.45, 7) is 1.87. The standard InChI is InChI=1S/C11H17N3O3S/c1-7-5-9(15)14(11(7)17)6-10(16)13(2)4-3-8(12)18/h7H,3-6H2,1-2H3,(H2,12,18). The molecule has 1 heterocycles. The molecule has 1 rings (SSSR count). The van der Waals surface area contributed by atoms with Gasteiger partial charge in [-0.1, -0.05) is 19.1 Å². The molecule has 1 fully saturated rings. The van der Waals surface area contributed by atoms with Gasteiger partial charge in [-0.15, -0.1) is 0 Å². The minimum atomic E-state index is -0.327. The smallest absolute Gasteiger partial charge is 0.242 e. The van der Waals surface area contributed by atoms with E-state index in [9.17, 15) is 14.4 Å². The van der Waals surface area contributed by atoms with Gasteiger partial charge in [0.15, 0.2) is 0 Å². The van der Waals surface area contributed by atoms with Gasteiger partial charge in [0.2, 0.25) is 17.7 Å². The normalized spacial score (nSPS) is 19.2. The first-order valence-corrected chi connectivity index (χ1v) is 6.10. The van der Waals surface area contributed by atoms with Crippen molar-refractivity contribution < 1.29 is 14.4 Å². The molecular formula is C11H17N3O3S. The Balaban J connectivity index is 2.51. The zero-order valence-corrected chi connectivity index (χ0v) is 11.3. The second-order valence-electron chi connectivity index (χ2n) is 4.45. The molecule has 3 amide bonds. The summed E-state index contributed by atoms with van der Waals surface area (Å²) >= 11 is 4.72. The quantitative estimate of drug-likeness (QED) is 0.539. The monoisotopic (exact) mass is 271 g/mol. The zero-order valence-electron chi connectivity index (χ0n) is 10.5. The van der Waals surface area contributed by atoms with E-state index in [1.165, 1.54) is 4.90 Å². The minimum Gasteiger partial charge on any atom is -0.393 e. The van der Waals surface area contributed by atoms with Crippen molar-refractivity contribution in [2.75, 3.05) is 20.1 Å².